The molecule has 5 nitrogen and oxygen atoms in total. The maximum Gasteiger partial charge on any atom is 0.271 e. The maximum atomic E-state index is 13.3. The Morgan fingerprint density at radius 2 is 1.75 bits per heavy atom. The molecule has 5 heteroatoms. The molecular formula is C23H24N4O. The van der Waals surface area contributed by atoms with Crippen molar-refractivity contribution in [1.29, 1.82) is 5.26 Å². The van der Waals surface area contributed by atoms with Gasteiger partial charge in [0.25, 0.3) is 5.56 Å². The van der Waals surface area contributed by atoms with Crippen molar-refractivity contribution in [2.75, 3.05) is 38.1 Å². The monoisotopic (exact) mass is 372 g/mol. The van der Waals surface area contributed by atoms with Crippen LogP contribution in [0.4, 0.5) is 5.69 Å². The van der Waals surface area contributed by atoms with Crippen LogP contribution in [0.2, 0.25) is 0 Å². The number of hydrogen-bond donors (Lipinski definition) is 0. The molecule has 0 N–H and O–H groups in total. The number of pyridine rings is 1. The molecule has 0 spiro atoms. The Balaban J connectivity index is 1.95. The molecule has 0 unspecified atom stereocenters. The zero-order chi connectivity index (χ0) is 19.7. The van der Waals surface area contributed by atoms with Crippen molar-refractivity contribution in [3.63, 3.8) is 0 Å². The van der Waals surface area contributed by atoms with Crippen molar-refractivity contribution < 1.29 is 0 Å². The summed E-state index contributed by atoms with van der Waals surface area (Å²) < 4.78 is 1.74. The molecule has 1 aliphatic rings. The van der Waals surface area contributed by atoms with E-state index in [9.17, 15) is 10.1 Å². The van der Waals surface area contributed by atoms with Crippen molar-refractivity contribution in [3.05, 3.63) is 75.6 Å². The standard InChI is InChI=1S/C23H24N4O/c1-17-8-9-21-19(14-17)22(26-12-10-25(2)11-13-26)20(15-24)23(28)27(21)16-18-6-4-3-5-7-18/h3-9,14H,10-13,16H2,1-2H3. The number of nitriles is 1. The highest BCUT2D eigenvalue weighted by Crippen LogP contribution is 2.30. The molecule has 1 aromatic heterocycles. The molecule has 4 rings (SSSR count). The summed E-state index contributed by atoms with van der Waals surface area (Å²) in [5.74, 6) is 0. The zero-order valence-corrected chi connectivity index (χ0v) is 16.4. The highest BCUT2D eigenvalue weighted by molar-refractivity contribution is 5.95. The summed E-state index contributed by atoms with van der Waals surface area (Å²) >= 11 is 0. The second kappa shape index (κ2) is 7.49. The molecule has 0 atom stereocenters. The molecule has 28 heavy (non-hydrogen) atoms. The number of benzene rings is 2. The fraction of sp³-hybridized carbons (Fsp3) is 0.304. The molecule has 0 saturated carbocycles. The van der Waals surface area contributed by atoms with Gasteiger partial charge in [0.15, 0.2) is 0 Å². The van der Waals surface area contributed by atoms with Crippen LogP contribution >= 0.6 is 0 Å². The van der Waals surface area contributed by atoms with E-state index in [4.69, 9.17) is 0 Å². The van der Waals surface area contributed by atoms with Gasteiger partial charge < -0.3 is 14.4 Å². The van der Waals surface area contributed by atoms with E-state index < -0.39 is 0 Å². The van der Waals surface area contributed by atoms with E-state index in [1.165, 1.54) is 0 Å². The Morgan fingerprint density at radius 1 is 1.04 bits per heavy atom. The van der Waals surface area contributed by atoms with Gasteiger partial charge in [-0.2, -0.15) is 5.26 Å². The molecule has 3 aromatic rings. The third kappa shape index (κ3) is 3.28. The number of piperazine rings is 1. The van der Waals surface area contributed by atoms with Crippen LogP contribution in [0.25, 0.3) is 10.9 Å². The topological polar surface area (TPSA) is 52.3 Å². The van der Waals surface area contributed by atoms with Gasteiger partial charge in [-0.15, -0.1) is 0 Å². The first-order valence-electron chi connectivity index (χ1n) is 9.63. The lowest BCUT2D eigenvalue weighted by Crippen LogP contribution is -2.45. The highest BCUT2D eigenvalue weighted by Gasteiger charge is 2.24. The quantitative estimate of drug-likeness (QED) is 0.709. The number of hydrogen-bond acceptors (Lipinski definition) is 4. The fourth-order valence-corrected chi connectivity index (χ4v) is 3.94. The summed E-state index contributed by atoms with van der Waals surface area (Å²) in [7, 11) is 2.10. The van der Waals surface area contributed by atoms with E-state index in [2.05, 4.69) is 29.0 Å². The van der Waals surface area contributed by atoms with Crippen LogP contribution in [0.5, 0.6) is 0 Å². The average Bonchev–Trinajstić information content (AvgIpc) is 2.71. The van der Waals surface area contributed by atoms with Crippen LogP contribution in [0.1, 0.15) is 16.7 Å². The van der Waals surface area contributed by atoms with Crippen LogP contribution in [-0.2, 0) is 6.54 Å². The molecule has 1 aliphatic heterocycles. The minimum Gasteiger partial charge on any atom is -0.367 e. The molecule has 2 heterocycles. The number of fused-ring (bicyclic) bond motifs is 1. The molecule has 142 valence electrons. The van der Waals surface area contributed by atoms with Gasteiger partial charge in [0.2, 0.25) is 0 Å². The second-order valence-corrected chi connectivity index (χ2v) is 7.52. The number of aromatic nitrogens is 1. The lowest BCUT2D eigenvalue weighted by atomic mass is 10.0. The fourth-order valence-electron chi connectivity index (χ4n) is 3.94. The molecule has 2 aromatic carbocycles. The maximum absolute atomic E-state index is 13.3. The number of likely N-dealkylation sites (N-methyl/N-ethyl adjacent to an activating group) is 1. The normalized spacial score (nSPS) is 15.0. The first-order chi connectivity index (χ1) is 13.6. The lowest BCUT2D eigenvalue weighted by molar-refractivity contribution is 0.313. The first-order valence-corrected chi connectivity index (χ1v) is 9.63. The van der Waals surface area contributed by atoms with Crippen LogP contribution in [0, 0.1) is 18.3 Å². The second-order valence-electron chi connectivity index (χ2n) is 7.52. The largest absolute Gasteiger partial charge is 0.367 e. The van der Waals surface area contributed by atoms with Gasteiger partial charge in [-0.25, -0.2) is 0 Å². The van der Waals surface area contributed by atoms with Crippen LogP contribution in [-0.4, -0.2) is 42.7 Å². The molecule has 0 amide bonds. The zero-order valence-electron chi connectivity index (χ0n) is 16.4. The van der Waals surface area contributed by atoms with Crippen LogP contribution < -0.4 is 10.5 Å². The predicted molar refractivity (Wildman–Crippen MR) is 113 cm³/mol. The summed E-state index contributed by atoms with van der Waals surface area (Å²) in [6, 6.07) is 18.3. The Hall–Kier alpha value is -3.10. The molecular weight excluding hydrogens is 348 g/mol. The Bertz CT molecular complexity index is 1100. The molecule has 0 radical (unpaired) electrons. The first kappa shape index (κ1) is 18.3. The van der Waals surface area contributed by atoms with Crippen LogP contribution in [0.3, 0.4) is 0 Å². The van der Waals surface area contributed by atoms with Gasteiger partial charge in [-0.05, 0) is 31.7 Å². The van der Waals surface area contributed by atoms with Crippen molar-refractivity contribution in [2.45, 2.75) is 13.5 Å². The summed E-state index contributed by atoms with van der Waals surface area (Å²) in [5, 5.41) is 10.9. The van der Waals surface area contributed by atoms with Crippen molar-refractivity contribution in [2.24, 2.45) is 0 Å². The lowest BCUT2D eigenvalue weighted by Gasteiger charge is -2.35. The van der Waals surface area contributed by atoms with E-state index in [1.807, 2.05) is 49.4 Å². The Labute approximate surface area is 165 Å². The van der Waals surface area contributed by atoms with E-state index in [0.29, 0.717) is 6.54 Å². The van der Waals surface area contributed by atoms with E-state index >= 15 is 0 Å². The number of anilines is 1. The van der Waals surface area contributed by atoms with Crippen molar-refractivity contribution in [1.82, 2.24) is 9.47 Å². The smallest absolute Gasteiger partial charge is 0.271 e. The number of aryl methyl sites for hydroxylation is 1. The molecule has 1 saturated heterocycles. The SMILES string of the molecule is Cc1ccc2c(c1)c(N1CCN(C)CC1)c(C#N)c(=O)n2Cc1ccccc1. The third-order valence-corrected chi connectivity index (χ3v) is 5.51. The van der Waals surface area contributed by atoms with Gasteiger partial charge >= 0.3 is 0 Å². The minimum absolute atomic E-state index is 0.211. The van der Waals surface area contributed by atoms with Gasteiger partial charge in [-0.1, -0.05) is 42.0 Å². The summed E-state index contributed by atoms with van der Waals surface area (Å²) in [4.78, 5) is 17.8. The van der Waals surface area contributed by atoms with Crippen molar-refractivity contribution in [3.8, 4) is 6.07 Å². The minimum atomic E-state index is -0.211. The van der Waals surface area contributed by atoms with Crippen molar-refractivity contribution >= 4 is 16.6 Å². The van der Waals surface area contributed by atoms with Gasteiger partial charge in [0.05, 0.1) is 17.7 Å². The molecule has 1 fully saturated rings. The number of rotatable bonds is 3. The summed E-state index contributed by atoms with van der Waals surface area (Å²) in [6.07, 6.45) is 0. The molecule has 0 aliphatic carbocycles. The van der Waals surface area contributed by atoms with E-state index in [0.717, 1.165) is 53.9 Å². The van der Waals surface area contributed by atoms with Gasteiger partial charge in [0, 0.05) is 31.6 Å². The third-order valence-electron chi connectivity index (χ3n) is 5.51. The van der Waals surface area contributed by atoms with E-state index in [-0.39, 0.29) is 11.1 Å². The summed E-state index contributed by atoms with van der Waals surface area (Å²) in [6.45, 7) is 5.98. The molecule has 0 bridgehead atoms. The van der Waals surface area contributed by atoms with Gasteiger partial charge in [0.1, 0.15) is 11.6 Å². The summed E-state index contributed by atoms with van der Waals surface area (Å²) in [5.41, 5.74) is 3.88. The number of nitrogens with zero attached hydrogens (tertiary/aromatic N) is 4. The van der Waals surface area contributed by atoms with Gasteiger partial charge in [-0.3, -0.25) is 4.79 Å². The Kier molecular flexibility index (Phi) is 4.89. The van der Waals surface area contributed by atoms with E-state index in [1.54, 1.807) is 4.57 Å². The Morgan fingerprint density at radius 3 is 2.43 bits per heavy atom. The predicted octanol–water partition coefficient (Wildman–Crippen LogP) is 2.98. The highest BCUT2D eigenvalue weighted by atomic mass is 16.1. The van der Waals surface area contributed by atoms with Crippen LogP contribution in [0.15, 0.2) is 53.3 Å². The average molecular weight is 372 g/mol.